The largest absolute Gasteiger partial charge is 0.462 e. The van der Waals surface area contributed by atoms with Crippen LogP contribution in [0.15, 0.2) is 24.3 Å². The van der Waals surface area contributed by atoms with E-state index in [-0.39, 0.29) is 24.3 Å². The smallest absolute Gasteiger partial charge is 0.338 e. The second-order valence-corrected chi connectivity index (χ2v) is 5.51. The first kappa shape index (κ1) is 20.8. The van der Waals surface area contributed by atoms with Crippen LogP contribution in [0.1, 0.15) is 29.3 Å². The number of nitrogens with one attached hydrogen (secondary N) is 1. The monoisotopic (exact) mass is 346 g/mol. The Balaban J connectivity index is 0.00000441. The fourth-order valence-corrected chi connectivity index (χ4v) is 2.16. The average molecular weight is 347 g/mol. The van der Waals surface area contributed by atoms with Gasteiger partial charge in [0.15, 0.2) is 0 Å². The highest BCUT2D eigenvalue weighted by Crippen LogP contribution is 2.06. The minimum atomic E-state index is -0.476. The van der Waals surface area contributed by atoms with Crippen LogP contribution in [0.25, 0.3) is 0 Å². The third-order valence-corrected chi connectivity index (χ3v) is 3.55. The molecular weight excluding hydrogens is 324 g/mol. The van der Waals surface area contributed by atoms with E-state index < -0.39 is 6.04 Å². The zero-order chi connectivity index (χ0) is 15.7. The molecule has 0 unspecified atom stereocenters. The summed E-state index contributed by atoms with van der Waals surface area (Å²) < 4.78 is 4.91. The van der Waals surface area contributed by atoms with E-state index in [0.29, 0.717) is 25.1 Å². The van der Waals surface area contributed by atoms with Gasteiger partial charge >= 0.3 is 5.97 Å². The number of esters is 1. The number of nitrogens with two attached hydrogens (primary N) is 1. The predicted octanol–water partition coefficient (Wildman–Crippen LogP) is 1.98. The van der Waals surface area contributed by atoms with Crippen LogP contribution in [0, 0.1) is 0 Å². The topological polar surface area (TPSA) is 81.4 Å². The van der Waals surface area contributed by atoms with Crippen molar-refractivity contribution in [3.63, 3.8) is 0 Å². The molecule has 0 spiro atoms. The van der Waals surface area contributed by atoms with Crippen molar-refractivity contribution in [2.75, 3.05) is 18.6 Å². The molecule has 5 nitrogen and oxygen atoms in total. The van der Waals surface area contributed by atoms with E-state index in [1.807, 2.05) is 6.26 Å². The van der Waals surface area contributed by atoms with Crippen molar-refractivity contribution < 1.29 is 14.3 Å². The second-order valence-electron chi connectivity index (χ2n) is 4.52. The summed E-state index contributed by atoms with van der Waals surface area (Å²) >= 11 is 1.67. The molecule has 0 aliphatic heterocycles. The molecule has 1 aromatic carbocycles. The minimum Gasteiger partial charge on any atom is -0.462 e. The quantitative estimate of drug-likeness (QED) is 0.703. The molecule has 124 valence electrons. The van der Waals surface area contributed by atoms with Crippen LogP contribution in [-0.2, 0) is 16.1 Å². The zero-order valence-corrected chi connectivity index (χ0v) is 14.5. The van der Waals surface area contributed by atoms with Gasteiger partial charge in [-0.15, -0.1) is 12.4 Å². The van der Waals surface area contributed by atoms with Crippen LogP contribution >= 0.6 is 24.2 Å². The fraction of sp³-hybridized carbons (Fsp3) is 0.467. The molecule has 22 heavy (non-hydrogen) atoms. The molecule has 3 N–H and O–H groups in total. The summed E-state index contributed by atoms with van der Waals surface area (Å²) in [5, 5.41) is 2.79. The molecule has 0 saturated carbocycles. The van der Waals surface area contributed by atoms with Crippen LogP contribution in [-0.4, -0.2) is 36.5 Å². The molecule has 1 aromatic rings. The number of thioether (sulfide) groups is 1. The number of carbonyl (C=O) groups excluding carboxylic acids is 2. The third-order valence-electron chi connectivity index (χ3n) is 2.90. The number of carbonyl (C=O) groups is 2. The highest BCUT2D eigenvalue weighted by Gasteiger charge is 2.12. The number of hydrogen-bond donors (Lipinski definition) is 2. The summed E-state index contributed by atoms with van der Waals surface area (Å²) in [6.07, 6.45) is 2.64. The molecule has 1 amide bonds. The molecule has 0 bridgehead atoms. The molecule has 0 heterocycles. The maximum atomic E-state index is 11.8. The number of hydrogen-bond acceptors (Lipinski definition) is 5. The van der Waals surface area contributed by atoms with Crippen molar-refractivity contribution in [1.29, 1.82) is 0 Å². The number of halogens is 1. The van der Waals surface area contributed by atoms with Crippen LogP contribution in [0.4, 0.5) is 0 Å². The minimum absolute atomic E-state index is 0. The number of ether oxygens (including phenoxy) is 1. The summed E-state index contributed by atoms with van der Waals surface area (Å²) in [5.41, 5.74) is 7.19. The van der Waals surface area contributed by atoms with Gasteiger partial charge in [-0.1, -0.05) is 12.1 Å². The fourth-order valence-electron chi connectivity index (χ4n) is 1.67. The van der Waals surface area contributed by atoms with E-state index in [2.05, 4.69) is 5.32 Å². The van der Waals surface area contributed by atoms with E-state index in [9.17, 15) is 9.59 Å². The van der Waals surface area contributed by atoms with Gasteiger partial charge in [0.05, 0.1) is 18.2 Å². The van der Waals surface area contributed by atoms with Gasteiger partial charge in [-0.25, -0.2) is 4.79 Å². The Morgan fingerprint density at radius 2 is 1.95 bits per heavy atom. The first-order chi connectivity index (χ1) is 10.1. The predicted molar refractivity (Wildman–Crippen MR) is 92.5 cm³/mol. The van der Waals surface area contributed by atoms with Crippen LogP contribution in [0.2, 0.25) is 0 Å². The van der Waals surface area contributed by atoms with Gasteiger partial charge in [0.2, 0.25) is 5.91 Å². The number of rotatable bonds is 8. The Bertz CT molecular complexity index is 468. The number of benzene rings is 1. The number of amides is 1. The molecule has 0 aliphatic carbocycles. The molecule has 0 aliphatic rings. The third kappa shape index (κ3) is 7.15. The van der Waals surface area contributed by atoms with Crippen LogP contribution in [0.3, 0.4) is 0 Å². The highest BCUT2D eigenvalue weighted by molar-refractivity contribution is 7.98. The van der Waals surface area contributed by atoms with Crippen LogP contribution in [0.5, 0.6) is 0 Å². The van der Waals surface area contributed by atoms with Crippen molar-refractivity contribution in [3.05, 3.63) is 35.4 Å². The molecule has 0 saturated heterocycles. The standard InChI is InChI=1S/C15H22N2O3S.ClH/c1-3-20-15(19)12-6-4-11(5-7-12)10-17-14(18)13(16)8-9-21-2;/h4-7,13H,3,8-10,16H2,1-2H3,(H,17,18);1H/t13-;/m0./s1. The maximum absolute atomic E-state index is 11.8. The molecular formula is C15H23ClN2O3S. The van der Waals surface area contributed by atoms with E-state index in [4.69, 9.17) is 10.5 Å². The van der Waals surface area contributed by atoms with Gasteiger partial charge in [0, 0.05) is 6.54 Å². The van der Waals surface area contributed by atoms with Crippen molar-refractivity contribution in [1.82, 2.24) is 5.32 Å². The Labute approximate surface area is 141 Å². The van der Waals surface area contributed by atoms with Gasteiger partial charge in [0.25, 0.3) is 0 Å². The van der Waals surface area contributed by atoms with Gasteiger partial charge in [-0.3, -0.25) is 4.79 Å². The average Bonchev–Trinajstić information content (AvgIpc) is 2.50. The van der Waals surface area contributed by atoms with Gasteiger partial charge < -0.3 is 15.8 Å². The lowest BCUT2D eigenvalue weighted by Gasteiger charge is -2.11. The van der Waals surface area contributed by atoms with E-state index in [0.717, 1.165) is 11.3 Å². The van der Waals surface area contributed by atoms with Crippen LogP contribution < -0.4 is 11.1 Å². The molecule has 0 aromatic heterocycles. The first-order valence-electron chi connectivity index (χ1n) is 6.86. The maximum Gasteiger partial charge on any atom is 0.338 e. The van der Waals surface area contributed by atoms with Gasteiger partial charge in [-0.2, -0.15) is 11.8 Å². The lowest BCUT2D eigenvalue weighted by Crippen LogP contribution is -2.40. The normalized spacial score (nSPS) is 11.2. The molecule has 1 atom stereocenters. The molecule has 0 fully saturated rings. The van der Waals surface area contributed by atoms with Crippen molar-refractivity contribution in [2.24, 2.45) is 5.73 Å². The van der Waals surface area contributed by atoms with Gasteiger partial charge in [0.1, 0.15) is 0 Å². The van der Waals surface area contributed by atoms with Gasteiger partial charge in [-0.05, 0) is 43.0 Å². The van der Waals surface area contributed by atoms with E-state index in [1.54, 1.807) is 43.0 Å². The Hall–Kier alpha value is -1.24. The molecule has 0 radical (unpaired) electrons. The first-order valence-corrected chi connectivity index (χ1v) is 8.26. The van der Waals surface area contributed by atoms with E-state index in [1.165, 1.54) is 0 Å². The SMILES string of the molecule is CCOC(=O)c1ccc(CNC(=O)[C@@H](N)CCSC)cc1.Cl. The zero-order valence-electron chi connectivity index (χ0n) is 12.8. The summed E-state index contributed by atoms with van der Waals surface area (Å²) in [5.74, 6) is 0.369. The highest BCUT2D eigenvalue weighted by atomic mass is 35.5. The lowest BCUT2D eigenvalue weighted by atomic mass is 10.1. The Morgan fingerprint density at radius 3 is 2.50 bits per heavy atom. The Kier molecular flexibility index (Phi) is 10.7. The molecule has 7 heteroatoms. The van der Waals surface area contributed by atoms with Crippen molar-refractivity contribution >= 4 is 36.0 Å². The summed E-state index contributed by atoms with van der Waals surface area (Å²) in [7, 11) is 0. The summed E-state index contributed by atoms with van der Waals surface area (Å²) in [4.78, 5) is 23.3. The lowest BCUT2D eigenvalue weighted by molar-refractivity contribution is -0.122. The van der Waals surface area contributed by atoms with Crippen molar-refractivity contribution in [2.45, 2.75) is 25.9 Å². The molecule has 1 rings (SSSR count). The summed E-state index contributed by atoms with van der Waals surface area (Å²) in [6, 6.07) is 6.48. The van der Waals surface area contributed by atoms with E-state index >= 15 is 0 Å². The second kappa shape index (κ2) is 11.3. The Morgan fingerprint density at radius 1 is 1.32 bits per heavy atom. The van der Waals surface area contributed by atoms with Crippen molar-refractivity contribution in [3.8, 4) is 0 Å². The summed E-state index contributed by atoms with van der Waals surface area (Å²) in [6.45, 7) is 2.52.